The van der Waals surface area contributed by atoms with Crippen molar-refractivity contribution in [2.45, 2.75) is 54.9 Å². The first-order valence-electron chi connectivity index (χ1n) is 22.2. The smallest absolute Gasteiger partial charge is 0.338 e. The standard InChI is InChI=1S/C52H42O22/c53-21-12-30(61)38-36(13-21)71-48(18-2-5-24(55)28(59)8-18)45(68)42(38)40-32(63)16-33(64)41-43(46(69)49(74-51(40)41)19-3-6-25(56)29(60)9-19)39-31(62)15-26(57)22-14-37(72-52(70)20-10-34(65)44(67)35(66)11-20)47(73-50(22)39)17-1-4-23(54)27(58)7-17/h1-13,15-16,37,42-43,45-49,53-69H,14H2/t37-,42-,43-,45-,46-,47-,48-,49-/m1/s1. The molecule has 0 saturated carbocycles. The van der Waals surface area contributed by atoms with E-state index in [0.29, 0.717) is 0 Å². The van der Waals surface area contributed by atoms with Crippen molar-refractivity contribution in [3.8, 4) is 103 Å². The molecule has 0 saturated heterocycles. The molecular weight excluding hydrogens is 977 g/mol. The summed E-state index contributed by atoms with van der Waals surface area (Å²) in [5.41, 5.74) is -2.34. The number of carbonyl (C=O) groups is 1. The summed E-state index contributed by atoms with van der Waals surface area (Å²) >= 11 is 0. The van der Waals surface area contributed by atoms with Crippen molar-refractivity contribution in [2.75, 3.05) is 0 Å². The number of hydrogen-bond acceptors (Lipinski definition) is 22. The molecule has 3 aliphatic heterocycles. The Kier molecular flexibility index (Phi) is 11.4. The molecule has 382 valence electrons. The van der Waals surface area contributed by atoms with E-state index in [4.69, 9.17) is 18.9 Å². The molecule has 0 radical (unpaired) electrons. The highest BCUT2D eigenvalue weighted by Gasteiger charge is 2.51. The molecule has 17 N–H and O–H groups in total. The van der Waals surface area contributed by atoms with Gasteiger partial charge in [-0.25, -0.2) is 4.79 Å². The highest BCUT2D eigenvalue weighted by atomic mass is 16.6. The van der Waals surface area contributed by atoms with Crippen LogP contribution in [0.1, 0.15) is 85.0 Å². The molecule has 10 rings (SSSR count). The second-order valence-electron chi connectivity index (χ2n) is 17.9. The van der Waals surface area contributed by atoms with Crippen molar-refractivity contribution < 1.29 is 111 Å². The zero-order chi connectivity index (χ0) is 52.9. The van der Waals surface area contributed by atoms with Crippen LogP contribution < -0.4 is 14.2 Å². The van der Waals surface area contributed by atoms with Gasteiger partial charge in [-0.05, 0) is 59.7 Å². The monoisotopic (exact) mass is 1020 g/mol. The van der Waals surface area contributed by atoms with Crippen LogP contribution in [0.5, 0.6) is 103 Å². The normalized spacial score (nSPS) is 21.7. The van der Waals surface area contributed by atoms with E-state index in [1.54, 1.807) is 0 Å². The number of fused-ring (bicyclic) bond motifs is 3. The number of aliphatic hydroxyl groups is 2. The van der Waals surface area contributed by atoms with Crippen molar-refractivity contribution in [1.29, 1.82) is 0 Å². The molecule has 3 heterocycles. The number of ether oxygens (including phenoxy) is 4. The van der Waals surface area contributed by atoms with Crippen LogP contribution in [-0.4, -0.2) is 111 Å². The minimum atomic E-state index is -2.02. The lowest BCUT2D eigenvalue weighted by Crippen LogP contribution is -2.39. The Balaban J connectivity index is 1.20. The van der Waals surface area contributed by atoms with Crippen molar-refractivity contribution in [3.05, 3.63) is 141 Å². The molecule has 22 heteroatoms. The molecule has 0 unspecified atom stereocenters. The van der Waals surface area contributed by atoms with Gasteiger partial charge in [-0.1, -0.05) is 18.2 Å². The maximum Gasteiger partial charge on any atom is 0.338 e. The van der Waals surface area contributed by atoms with Crippen LogP contribution in [0.25, 0.3) is 0 Å². The van der Waals surface area contributed by atoms with Crippen molar-refractivity contribution >= 4 is 5.97 Å². The Hall–Kier alpha value is -9.67. The number of esters is 1. The van der Waals surface area contributed by atoms with Crippen LogP contribution >= 0.6 is 0 Å². The van der Waals surface area contributed by atoms with E-state index in [1.807, 2.05) is 0 Å². The van der Waals surface area contributed by atoms with E-state index < -0.39 is 181 Å². The summed E-state index contributed by atoms with van der Waals surface area (Å²) in [5, 5.41) is 188. The maximum absolute atomic E-state index is 13.7. The zero-order valence-corrected chi connectivity index (χ0v) is 37.6. The predicted molar refractivity (Wildman–Crippen MR) is 249 cm³/mol. The van der Waals surface area contributed by atoms with Gasteiger partial charge in [0.05, 0.1) is 17.4 Å². The Bertz CT molecular complexity index is 3440. The lowest BCUT2D eigenvalue weighted by atomic mass is 9.73. The first-order chi connectivity index (χ1) is 35.1. The Morgan fingerprint density at radius 3 is 1.36 bits per heavy atom. The summed E-state index contributed by atoms with van der Waals surface area (Å²) in [6, 6.07) is 15.3. The third kappa shape index (κ3) is 7.80. The fraction of sp³-hybridized carbons (Fsp3) is 0.173. The number of rotatable bonds is 7. The van der Waals surface area contributed by atoms with Gasteiger partial charge in [-0.15, -0.1) is 0 Å². The molecule has 0 bridgehead atoms. The van der Waals surface area contributed by atoms with Crippen LogP contribution in [0.15, 0.2) is 91.0 Å². The van der Waals surface area contributed by atoms with Gasteiger partial charge in [0.15, 0.2) is 70.1 Å². The summed E-state index contributed by atoms with van der Waals surface area (Å²) < 4.78 is 25.0. The number of hydrogen-bond donors (Lipinski definition) is 17. The van der Waals surface area contributed by atoms with Gasteiger partial charge in [-0.3, -0.25) is 0 Å². The topological polar surface area (TPSA) is 398 Å². The zero-order valence-electron chi connectivity index (χ0n) is 37.6. The van der Waals surface area contributed by atoms with Gasteiger partial charge < -0.3 is 106 Å². The summed E-state index contributed by atoms with van der Waals surface area (Å²) in [7, 11) is 0. The number of phenolic OH excluding ortho intramolecular Hbond substituents is 15. The Labute approximate surface area is 415 Å². The maximum atomic E-state index is 13.7. The molecule has 3 aliphatic rings. The van der Waals surface area contributed by atoms with Crippen LogP contribution in [0.2, 0.25) is 0 Å². The van der Waals surface area contributed by atoms with Crippen LogP contribution in [0.3, 0.4) is 0 Å². The number of benzene rings is 7. The Morgan fingerprint density at radius 1 is 0.419 bits per heavy atom. The average molecular weight is 1020 g/mol. The van der Waals surface area contributed by atoms with E-state index in [0.717, 1.165) is 72.8 Å². The molecule has 8 atom stereocenters. The first kappa shape index (κ1) is 48.0. The first-order valence-corrected chi connectivity index (χ1v) is 22.2. The third-order valence-electron chi connectivity index (χ3n) is 13.4. The quantitative estimate of drug-likeness (QED) is 0.0699. The molecule has 0 amide bonds. The van der Waals surface area contributed by atoms with Gasteiger partial charge >= 0.3 is 5.97 Å². The van der Waals surface area contributed by atoms with Crippen LogP contribution in [-0.2, 0) is 11.2 Å². The van der Waals surface area contributed by atoms with E-state index in [9.17, 15) is 91.6 Å². The number of carbonyl (C=O) groups excluding carboxylic acids is 1. The summed E-state index contributed by atoms with van der Waals surface area (Å²) in [5.74, 6) is -16.8. The minimum absolute atomic E-state index is 0.0103. The number of aliphatic hydroxyl groups excluding tert-OH is 2. The van der Waals surface area contributed by atoms with Crippen molar-refractivity contribution in [2.24, 2.45) is 0 Å². The highest BCUT2D eigenvalue weighted by molar-refractivity contribution is 5.91. The molecule has 0 spiro atoms. The summed E-state index contributed by atoms with van der Waals surface area (Å²) in [6.07, 6.45) is -10.9. The fourth-order valence-electron chi connectivity index (χ4n) is 9.95. The van der Waals surface area contributed by atoms with Gasteiger partial charge in [0.25, 0.3) is 0 Å². The molecule has 7 aromatic rings. The molecule has 74 heavy (non-hydrogen) atoms. The summed E-state index contributed by atoms with van der Waals surface area (Å²) in [4.78, 5) is 13.7. The van der Waals surface area contributed by atoms with Crippen molar-refractivity contribution in [3.63, 3.8) is 0 Å². The molecule has 0 aromatic heterocycles. The molecule has 0 aliphatic carbocycles. The number of phenols is 15. The molecule has 22 nitrogen and oxygen atoms in total. The van der Waals surface area contributed by atoms with Crippen molar-refractivity contribution in [1.82, 2.24) is 0 Å². The lowest BCUT2D eigenvalue weighted by molar-refractivity contribution is -0.0213. The van der Waals surface area contributed by atoms with Crippen LogP contribution in [0, 0.1) is 0 Å². The van der Waals surface area contributed by atoms with Gasteiger partial charge in [0.2, 0.25) is 0 Å². The number of aromatic hydroxyl groups is 15. The van der Waals surface area contributed by atoms with Gasteiger partial charge in [0.1, 0.15) is 70.1 Å². The third-order valence-corrected chi connectivity index (χ3v) is 13.4. The molecule has 0 fully saturated rings. The largest absolute Gasteiger partial charge is 0.508 e. The molecule has 7 aromatic carbocycles. The summed E-state index contributed by atoms with van der Waals surface area (Å²) in [6.45, 7) is 0. The average Bonchev–Trinajstić information content (AvgIpc) is 3.34. The second-order valence-corrected chi connectivity index (χ2v) is 17.9. The fourth-order valence-corrected chi connectivity index (χ4v) is 9.95. The van der Waals surface area contributed by atoms with Crippen LogP contribution in [0.4, 0.5) is 0 Å². The SMILES string of the molecule is O=C(O[C@@H]1Cc2c(O)cc(O)c([C@@H]3c4c(O)cc(O)c([C@H]5c6c(O)cc(O)cc6O[C@H](c6ccc(O)c(O)c6)[C@@H]5O)c4O[C@H](c4ccc(O)c(O)c4)[C@@H]3O)c2O[C@@H]1c1ccc(O)c(O)c1)c1cc(O)c(O)c(O)c1. The Morgan fingerprint density at radius 2 is 0.851 bits per heavy atom. The second kappa shape index (κ2) is 17.6. The molecular formula is C52H42O22. The van der Waals surface area contributed by atoms with E-state index >= 15 is 0 Å². The van der Waals surface area contributed by atoms with E-state index in [-0.39, 0.29) is 33.6 Å². The minimum Gasteiger partial charge on any atom is -0.508 e. The lowest BCUT2D eigenvalue weighted by Gasteiger charge is -2.43. The van der Waals surface area contributed by atoms with Gasteiger partial charge in [0, 0.05) is 64.1 Å². The van der Waals surface area contributed by atoms with E-state index in [2.05, 4.69) is 0 Å². The van der Waals surface area contributed by atoms with E-state index in [1.165, 1.54) is 18.2 Å². The van der Waals surface area contributed by atoms with Gasteiger partial charge in [-0.2, -0.15) is 0 Å². The predicted octanol–water partition coefficient (Wildman–Crippen LogP) is 5.43. The highest BCUT2D eigenvalue weighted by Crippen LogP contribution is 2.62.